The third-order valence-corrected chi connectivity index (χ3v) is 8.42. The van der Waals surface area contributed by atoms with E-state index in [-0.39, 0.29) is 48.9 Å². The molecule has 10 heteroatoms. The normalized spacial score (nSPS) is 20.3. The molecule has 0 spiro atoms. The van der Waals surface area contributed by atoms with Crippen molar-refractivity contribution in [2.24, 2.45) is 5.92 Å². The Morgan fingerprint density at radius 1 is 1.09 bits per heavy atom. The predicted molar refractivity (Wildman–Crippen MR) is 181 cm³/mol. The Bertz CT molecular complexity index is 1260. The zero-order valence-electron chi connectivity index (χ0n) is 28.5. The number of hydrogen-bond acceptors (Lipinski definition) is 7. The highest BCUT2D eigenvalue weighted by atomic mass is 16.5. The quantitative estimate of drug-likeness (QED) is 0.374. The molecule has 0 unspecified atom stereocenters. The number of nitrogens with one attached hydrogen (secondary N) is 1. The standard InChI is InChI=1S/C36H54N4O6/c1-26-23-40(27(2)25-41)36(44)31-22-30(37-34(42)21-29-14-8-7-9-15-29)17-18-32(31)46-28(3)13-10-11-20-45-33(26)24-39(6)35(43)16-12-19-38(4)5/h7-9,14-15,17-18,22,26-28,33,41H,10-13,16,19-21,23-25H2,1-6H3,(H,37,42)/t26-,27+,28-,33+/m0/s1. The third kappa shape index (κ3) is 11.7. The Balaban J connectivity index is 1.87. The molecule has 2 N–H and O–H groups in total. The maximum atomic E-state index is 14.3. The van der Waals surface area contributed by atoms with Crippen LogP contribution >= 0.6 is 0 Å². The minimum Gasteiger partial charge on any atom is -0.490 e. The maximum Gasteiger partial charge on any atom is 0.258 e. The zero-order chi connectivity index (χ0) is 33.6. The van der Waals surface area contributed by atoms with Crippen molar-refractivity contribution < 1.29 is 29.0 Å². The number of ether oxygens (including phenoxy) is 2. The lowest BCUT2D eigenvalue weighted by molar-refractivity contribution is -0.132. The summed E-state index contributed by atoms with van der Waals surface area (Å²) in [6.45, 7) is 7.66. The molecule has 0 saturated heterocycles. The molecule has 46 heavy (non-hydrogen) atoms. The predicted octanol–water partition coefficient (Wildman–Crippen LogP) is 4.46. The monoisotopic (exact) mass is 638 g/mol. The summed E-state index contributed by atoms with van der Waals surface area (Å²) in [5.41, 5.74) is 1.70. The van der Waals surface area contributed by atoms with Crippen molar-refractivity contribution in [3.8, 4) is 5.75 Å². The summed E-state index contributed by atoms with van der Waals surface area (Å²) in [6.07, 6.45) is 3.48. The summed E-state index contributed by atoms with van der Waals surface area (Å²) in [7, 11) is 5.79. The molecule has 3 rings (SSSR count). The number of nitrogens with zero attached hydrogens (tertiary/aromatic N) is 3. The van der Waals surface area contributed by atoms with Gasteiger partial charge in [0.25, 0.3) is 5.91 Å². The van der Waals surface area contributed by atoms with E-state index in [2.05, 4.69) is 10.2 Å². The van der Waals surface area contributed by atoms with Crippen LogP contribution in [0.15, 0.2) is 48.5 Å². The van der Waals surface area contributed by atoms with Crippen LogP contribution in [0.5, 0.6) is 5.75 Å². The maximum absolute atomic E-state index is 14.3. The number of hydrogen-bond donors (Lipinski definition) is 2. The van der Waals surface area contributed by atoms with Gasteiger partial charge in [0, 0.05) is 44.8 Å². The second-order valence-corrected chi connectivity index (χ2v) is 12.9. The third-order valence-electron chi connectivity index (χ3n) is 8.42. The highest BCUT2D eigenvalue weighted by molar-refractivity contribution is 6.00. The summed E-state index contributed by atoms with van der Waals surface area (Å²) < 4.78 is 12.7. The second kappa shape index (κ2) is 18.6. The number of aliphatic hydroxyl groups excluding tert-OH is 1. The summed E-state index contributed by atoms with van der Waals surface area (Å²) in [6, 6.07) is 14.1. The van der Waals surface area contributed by atoms with Gasteiger partial charge in [-0.25, -0.2) is 0 Å². The highest BCUT2D eigenvalue weighted by Crippen LogP contribution is 2.28. The Morgan fingerprint density at radius 3 is 2.52 bits per heavy atom. The van der Waals surface area contributed by atoms with E-state index in [4.69, 9.17) is 9.47 Å². The molecule has 1 heterocycles. The molecule has 2 aromatic rings. The van der Waals surface area contributed by atoms with Gasteiger partial charge in [-0.05, 0) is 83.9 Å². The van der Waals surface area contributed by atoms with E-state index in [0.29, 0.717) is 43.1 Å². The molecule has 254 valence electrons. The fourth-order valence-corrected chi connectivity index (χ4v) is 5.56. The first kappa shape index (κ1) is 37.0. The lowest BCUT2D eigenvalue weighted by Gasteiger charge is -2.36. The van der Waals surface area contributed by atoms with E-state index in [1.54, 1.807) is 34.9 Å². The smallest absolute Gasteiger partial charge is 0.258 e. The molecule has 10 nitrogen and oxygen atoms in total. The topological polar surface area (TPSA) is 112 Å². The average Bonchev–Trinajstić information content (AvgIpc) is 3.02. The van der Waals surface area contributed by atoms with E-state index >= 15 is 0 Å². The number of likely N-dealkylation sites (N-methyl/N-ethyl adjacent to an activating group) is 1. The largest absolute Gasteiger partial charge is 0.490 e. The van der Waals surface area contributed by atoms with Crippen LogP contribution in [0.4, 0.5) is 5.69 Å². The van der Waals surface area contributed by atoms with Gasteiger partial charge < -0.3 is 34.6 Å². The molecule has 1 aliphatic heterocycles. The van der Waals surface area contributed by atoms with Gasteiger partial charge in [-0.3, -0.25) is 14.4 Å². The first-order valence-electron chi connectivity index (χ1n) is 16.5. The molecule has 0 aliphatic carbocycles. The number of carbonyl (C=O) groups is 3. The summed E-state index contributed by atoms with van der Waals surface area (Å²) in [5, 5.41) is 13.1. The van der Waals surface area contributed by atoms with E-state index < -0.39 is 6.04 Å². The molecule has 0 bridgehead atoms. The zero-order valence-corrected chi connectivity index (χ0v) is 28.5. The van der Waals surface area contributed by atoms with Gasteiger partial charge >= 0.3 is 0 Å². The Labute approximate surface area is 275 Å². The minimum atomic E-state index is -0.490. The fourth-order valence-electron chi connectivity index (χ4n) is 5.56. The number of amides is 3. The Morgan fingerprint density at radius 2 is 1.83 bits per heavy atom. The van der Waals surface area contributed by atoms with Gasteiger partial charge in [0.2, 0.25) is 11.8 Å². The molecule has 0 fully saturated rings. The first-order valence-corrected chi connectivity index (χ1v) is 16.5. The summed E-state index contributed by atoms with van der Waals surface area (Å²) in [4.78, 5) is 45.6. The first-order chi connectivity index (χ1) is 22.0. The molecule has 4 atom stereocenters. The summed E-state index contributed by atoms with van der Waals surface area (Å²) in [5.74, 6) is -0.137. The lowest BCUT2D eigenvalue weighted by Crippen LogP contribution is -2.48. The van der Waals surface area contributed by atoms with Gasteiger partial charge in [0.05, 0.1) is 36.8 Å². The van der Waals surface area contributed by atoms with Crippen LogP contribution in [0, 0.1) is 5.92 Å². The van der Waals surface area contributed by atoms with Gasteiger partial charge in [0.1, 0.15) is 5.75 Å². The number of benzene rings is 2. The van der Waals surface area contributed by atoms with E-state index in [0.717, 1.165) is 37.8 Å². The van der Waals surface area contributed by atoms with Crippen molar-refractivity contribution in [1.82, 2.24) is 14.7 Å². The number of carbonyl (C=O) groups excluding carboxylic acids is 3. The SMILES string of the molecule is C[C@H](CO)N1C[C@H](C)[C@@H](CN(C)C(=O)CCCN(C)C)OCCCC[C@H](C)Oc2ccc(NC(=O)Cc3ccccc3)cc2C1=O. The van der Waals surface area contributed by atoms with Crippen LogP contribution in [-0.4, -0.2) is 110 Å². The van der Waals surface area contributed by atoms with Gasteiger partial charge in [0.15, 0.2) is 0 Å². The second-order valence-electron chi connectivity index (χ2n) is 12.9. The minimum absolute atomic E-state index is 0.0652. The van der Waals surface area contributed by atoms with Gasteiger partial charge in [-0.1, -0.05) is 37.3 Å². The van der Waals surface area contributed by atoms with Crippen molar-refractivity contribution in [3.05, 3.63) is 59.7 Å². The van der Waals surface area contributed by atoms with Crippen LogP contribution < -0.4 is 10.1 Å². The van der Waals surface area contributed by atoms with Crippen molar-refractivity contribution >= 4 is 23.4 Å². The molecule has 3 amide bonds. The Kier molecular flexibility index (Phi) is 15.0. The highest BCUT2D eigenvalue weighted by Gasteiger charge is 2.31. The van der Waals surface area contributed by atoms with Crippen LogP contribution in [0.1, 0.15) is 68.8 Å². The fraction of sp³-hybridized carbons (Fsp3) is 0.583. The molecule has 0 saturated carbocycles. The molecule has 2 aromatic carbocycles. The van der Waals surface area contributed by atoms with Crippen LogP contribution in [0.3, 0.4) is 0 Å². The van der Waals surface area contributed by atoms with Crippen molar-refractivity contribution in [2.45, 2.75) is 77.5 Å². The van der Waals surface area contributed by atoms with E-state index in [1.807, 2.05) is 65.3 Å². The van der Waals surface area contributed by atoms with Gasteiger partial charge in [-0.2, -0.15) is 0 Å². The lowest BCUT2D eigenvalue weighted by atomic mass is 10.0. The van der Waals surface area contributed by atoms with Gasteiger partial charge in [-0.15, -0.1) is 0 Å². The molecule has 0 radical (unpaired) electrons. The van der Waals surface area contributed by atoms with E-state index in [1.165, 1.54) is 0 Å². The van der Waals surface area contributed by atoms with Crippen LogP contribution in [0.2, 0.25) is 0 Å². The number of rotatable bonds is 11. The van der Waals surface area contributed by atoms with Crippen molar-refractivity contribution in [2.75, 3.05) is 59.3 Å². The van der Waals surface area contributed by atoms with E-state index in [9.17, 15) is 19.5 Å². The van der Waals surface area contributed by atoms with Crippen LogP contribution in [-0.2, 0) is 20.7 Å². The average molecular weight is 639 g/mol. The number of aliphatic hydroxyl groups is 1. The molecular formula is C36H54N4O6. The molecular weight excluding hydrogens is 584 g/mol. The van der Waals surface area contributed by atoms with Crippen molar-refractivity contribution in [1.29, 1.82) is 0 Å². The number of anilines is 1. The Hall–Kier alpha value is -3.47. The number of fused-ring (bicyclic) bond motifs is 1. The summed E-state index contributed by atoms with van der Waals surface area (Å²) >= 11 is 0. The van der Waals surface area contributed by atoms with Crippen LogP contribution in [0.25, 0.3) is 0 Å². The molecule has 0 aromatic heterocycles. The van der Waals surface area contributed by atoms with Crippen molar-refractivity contribution in [3.63, 3.8) is 0 Å². The molecule has 1 aliphatic rings.